The lowest BCUT2D eigenvalue weighted by Crippen LogP contribution is -2.06. The summed E-state index contributed by atoms with van der Waals surface area (Å²) in [5.74, 6) is 2.28. The summed E-state index contributed by atoms with van der Waals surface area (Å²) < 4.78 is 0. The smallest absolute Gasteiger partial charge is 0.0294 e. The highest BCUT2D eigenvalue weighted by molar-refractivity contribution is 4.96. The predicted octanol–water partition coefficient (Wildman–Crippen LogP) is 4.15. The molecule has 0 nitrogen and oxygen atoms in total. The summed E-state index contributed by atoms with van der Waals surface area (Å²) in [7, 11) is 0. The molecule has 0 radical (unpaired) electrons. The van der Waals surface area contributed by atoms with Crippen LogP contribution in [0.25, 0.3) is 0 Å². The van der Waals surface area contributed by atoms with Crippen LogP contribution in [0.5, 0.6) is 0 Å². The van der Waals surface area contributed by atoms with E-state index in [2.05, 4.69) is 0 Å². The van der Waals surface area contributed by atoms with Gasteiger partial charge in [-0.3, -0.25) is 0 Å². The van der Waals surface area contributed by atoms with Gasteiger partial charge in [-0.2, -0.15) is 0 Å². The molecule has 3 rings (SSSR count). The van der Waals surface area contributed by atoms with Gasteiger partial charge >= 0.3 is 0 Å². The third kappa shape index (κ3) is 1.65. The molecule has 0 heteroatoms. The Morgan fingerprint density at radius 2 is 1.62 bits per heavy atom. The highest BCUT2D eigenvalue weighted by atomic mass is 14.5. The van der Waals surface area contributed by atoms with Crippen molar-refractivity contribution in [2.45, 2.75) is 64.2 Å². The van der Waals surface area contributed by atoms with Crippen LogP contribution in [0.2, 0.25) is 0 Å². The predicted molar refractivity (Wildman–Crippen MR) is 55.6 cm³/mol. The molecule has 2 unspecified atom stereocenters. The van der Waals surface area contributed by atoms with Crippen LogP contribution < -0.4 is 0 Å². The molecule has 13 heavy (non-hydrogen) atoms. The van der Waals surface area contributed by atoms with Gasteiger partial charge in [0.2, 0.25) is 0 Å². The van der Waals surface area contributed by atoms with Crippen LogP contribution in [0.4, 0.5) is 0 Å². The highest BCUT2D eigenvalue weighted by Gasteiger charge is 2.44. The molecule has 0 aliphatic heterocycles. The second-order valence-corrected chi connectivity index (χ2v) is 6.00. The van der Waals surface area contributed by atoms with E-state index in [9.17, 15) is 0 Å². The van der Waals surface area contributed by atoms with E-state index >= 15 is 0 Å². The number of hydrogen-bond acceptors (Lipinski definition) is 0. The first-order valence-electron chi connectivity index (χ1n) is 6.36. The highest BCUT2D eigenvalue weighted by Crippen LogP contribution is 2.57. The lowest BCUT2D eigenvalue weighted by molar-refractivity contribution is 0.333. The van der Waals surface area contributed by atoms with E-state index in [4.69, 9.17) is 0 Å². The fourth-order valence-electron chi connectivity index (χ4n) is 3.90. The summed E-state index contributed by atoms with van der Waals surface area (Å²) >= 11 is 0. The Kier molecular flexibility index (Phi) is 1.92. The summed E-state index contributed by atoms with van der Waals surface area (Å²) in [6.07, 6.45) is 15.7. The molecule has 0 saturated heterocycles. The zero-order valence-electron chi connectivity index (χ0n) is 8.73. The Hall–Kier alpha value is 0. The molecular weight excluding hydrogens is 156 g/mol. The maximum Gasteiger partial charge on any atom is -0.0294 e. The number of rotatable bonds is 0. The molecule has 0 aromatic rings. The maximum absolute atomic E-state index is 1.61. The van der Waals surface area contributed by atoms with E-state index < -0.39 is 0 Å². The molecule has 74 valence electrons. The Morgan fingerprint density at radius 3 is 2.46 bits per heavy atom. The summed E-state index contributed by atoms with van der Waals surface area (Å²) in [5, 5.41) is 0. The van der Waals surface area contributed by atoms with Crippen molar-refractivity contribution in [1.82, 2.24) is 0 Å². The fourth-order valence-corrected chi connectivity index (χ4v) is 3.90. The van der Waals surface area contributed by atoms with E-state index in [-0.39, 0.29) is 0 Å². The molecule has 0 aromatic heterocycles. The van der Waals surface area contributed by atoms with Crippen molar-refractivity contribution in [2.75, 3.05) is 0 Å². The van der Waals surface area contributed by atoms with Crippen molar-refractivity contribution in [1.29, 1.82) is 0 Å². The normalized spacial score (nSPS) is 42.5. The summed E-state index contributed by atoms with van der Waals surface area (Å²) in [5.41, 5.74) is 0.893. The third-order valence-electron chi connectivity index (χ3n) is 4.90. The summed E-state index contributed by atoms with van der Waals surface area (Å²) in [6.45, 7) is 0. The Balaban J connectivity index is 1.70. The zero-order chi connectivity index (χ0) is 8.73. The molecule has 2 atom stereocenters. The minimum atomic E-state index is 0.893. The first-order valence-corrected chi connectivity index (χ1v) is 6.36. The van der Waals surface area contributed by atoms with Gasteiger partial charge in [-0.15, -0.1) is 0 Å². The standard InChI is InChI=1S/C13H22/c1-2-6-13(7-8-13)10-12-5-4-11(3-1)9-12/h11-12H,1-10H2. The SMILES string of the molecule is C1CCC2(CC2)CC2CCC(C1)C2. The zero-order valence-corrected chi connectivity index (χ0v) is 8.73. The van der Waals surface area contributed by atoms with E-state index in [0.29, 0.717) is 0 Å². The molecule has 0 aromatic carbocycles. The van der Waals surface area contributed by atoms with Crippen molar-refractivity contribution >= 4 is 0 Å². The van der Waals surface area contributed by atoms with Gasteiger partial charge in [-0.05, 0) is 49.4 Å². The minimum Gasteiger partial charge on any atom is -0.0530 e. The lowest BCUT2D eigenvalue weighted by atomic mass is 9.87. The molecule has 0 heterocycles. The second kappa shape index (κ2) is 3.00. The molecule has 3 aliphatic rings. The Labute approximate surface area is 82.1 Å². The largest absolute Gasteiger partial charge is 0.0530 e. The third-order valence-corrected chi connectivity index (χ3v) is 4.90. The van der Waals surface area contributed by atoms with E-state index in [1.807, 2.05) is 0 Å². The Bertz CT molecular complexity index is 190. The number of hydrogen-bond donors (Lipinski definition) is 0. The van der Waals surface area contributed by atoms with Gasteiger partial charge in [0, 0.05) is 0 Å². The molecular formula is C13H22. The van der Waals surface area contributed by atoms with Crippen LogP contribution in [-0.4, -0.2) is 0 Å². The topological polar surface area (TPSA) is 0 Å². The quantitative estimate of drug-likeness (QED) is 0.523. The number of fused-ring (bicyclic) bond motifs is 2. The van der Waals surface area contributed by atoms with Gasteiger partial charge in [-0.1, -0.05) is 32.1 Å². The first kappa shape index (κ1) is 8.32. The van der Waals surface area contributed by atoms with Crippen LogP contribution in [0.15, 0.2) is 0 Å². The van der Waals surface area contributed by atoms with Crippen LogP contribution in [0.3, 0.4) is 0 Å². The van der Waals surface area contributed by atoms with E-state index in [0.717, 1.165) is 17.3 Å². The molecule has 0 N–H and O–H groups in total. The van der Waals surface area contributed by atoms with Crippen LogP contribution >= 0.6 is 0 Å². The Morgan fingerprint density at radius 1 is 0.769 bits per heavy atom. The van der Waals surface area contributed by atoms with Crippen molar-refractivity contribution in [3.8, 4) is 0 Å². The fraction of sp³-hybridized carbons (Fsp3) is 1.00. The molecule has 2 bridgehead atoms. The average Bonchev–Trinajstić information content (AvgIpc) is 2.72. The van der Waals surface area contributed by atoms with Gasteiger partial charge in [0.1, 0.15) is 0 Å². The van der Waals surface area contributed by atoms with E-state index in [1.165, 1.54) is 0 Å². The second-order valence-electron chi connectivity index (χ2n) is 6.00. The molecule has 3 fully saturated rings. The lowest BCUT2D eigenvalue weighted by Gasteiger charge is -2.18. The van der Waals surface area contributed by atoms with Crippen molar-refractivity contribution in [2.24, 2.45) is 17.3 Å². The molecule has 3 saturated carbocycles. The minimum absolute atomic E-state index is 0.893. The first-order chi connectivity index (χ1) is 6.36. The van der Waals surface area contributed by atoms with Crippen molar-refractivity contribution < 1.29 is 0 Å². The maximum atomic E-state index is 1.61. The molecule has 3 aliphatic carbocycles. The average molecular weight is 178 g/mol. The molecule has 0 amide bonds. The van der Waals surface area contributed by atoms with Gasteiger partial charge in [0.25, 0.3) is 0 Å². The summed E-state index contributed by atoms with van der Waals surface area (Å²) in [4.78, 5) is 0. The summed E-state index contributed by atoms with van der Waals surface area (Å²) in [6, 6.07) is 0. The van der Waals surface area contributed by atoms with Crippen LogP contribution in [-0.2, 0) is 0 Å². The molecule has 1 spiro atoms. The van der Waals surface area contributed by atoms with Gasteiger partial charge < -0.3 is 0 Å². The van der Waals surface area contributed by atoms with Crippen LogP contribution in [0, 0.1) is 17.3 Å². The van der Waals surface area contributed by atoms with Crippen molar-refractivity contribution in [3.05, 3.63) is 0 Å². The monoisotopic (exact) mass is 178 g/mol. The van der Waals surface area contributed by atoms with Gasteiger partial charge in [-0.25, -0.2) is 0 Å². The van der Waals surface area contributed by atoms with Crippen molar-refractivity contribution in [3.63, 3.8) is 0 Å². The van der Waals surface area contributed by atoms with Gasteiger partial charge in [0.05, 0.1) is 0 Å². The van der Waals surface area contributed by atoms with Gasteiger partial charge in [0.15, 0.2) is 0 Å². The van der Waals surface area contributed by atoms with Crippen LogP contribution in [0.1, 0.15) is 64.2 Å². The van der Waals surface area contributed by atoms with E-state index in [1.54, 1.807) is 64.2 Å².